The Balaban J connectivity index is 4.15. The van der Waals surface area contributed by atoms with E-state index in [1.807, 2.05) is 0 Å². The number of hydrogen-bond acceptors (Lipinski definition) is 4. The average Bonchev–Trinajstić information content (AvgIpc) is 2.02. The summed E-state index contributed by atoms with van der Waals surface area (Å²) >= 11 is 5.25. The lowest BCUT2D eigenvalue weighted by Gasteiger charge is -2.08. The second kappa shape index (κ2) is 5.39. The summed E-state index contributed by atoms with van der Waals surface area (Å²) in [4.78, 5) is 32.0. The molecule has 0 bridgehead atoms. The van der Waals surface area contributed by atoms with Crippen LogP contribution in [-0.4, -0.2) is 23.2 Å². The highest BCUT2D eigenvalue weighted by atomic mass is 35.5. The Hall–Kier alpha value is -1.36. The van der Waals surface area contributed by atoms with E-state index in [4.69, 9.17) is 17.3 Å². The minimum atomic E-state index is -1.54. The van der Waals surface area contributed by atoms with Crippen LogP contribution in [0.5, 0.6) is 0 Å². The molecule has 0 saturated heterocycles. The molecule has 2 N–H and O–H groups in total. The van der Waals surface area contributed by atoms with E-state index in [-0.39, 0.29) is 17.8 Å². The number of nitrogens with two attached hydrogens (primary N) is 1. The lowest BCUT2D eigenvalue weighted by molar-refractivity contribution is -0.146. The average molecular weight is 220 g/mol. The number of amides is 1. The van der Waals surface area contributed by atoms with Gasteiger partial charge in [0, 0.05) is 12.0 Å². The Morgan fingerprint density at radius 1 is 1.50 bits per heavy atom. The maximum Gasteiger partial charge on any atom is 0.335 e. The zero-order valence-electron chi connectivity index (χ0n) is 7.58. The van der Waals surface area contributed by atoms with Crippen molar-refractivity contribution in [3.05, 3.63) is 12.2 Å². The van der Waals surface area contributed by atoms with Crippen LogP contribution >= 0.6 is 11.6 Å². The number of halogens is 1. The van der Waals surface area contributed by atoms with Crippen LogP contribution in [-0.2, 0) is 19.1 Å². The molecule has 0 fully saturated rings. The molecular weight excluding hydrogens is 210 g/mol. The van der Waals surface area contributed by atoms with Crippen molar-refractivity contribution in [2.45, 2.75) is 18.9 Å². The molecule has 0 aliphatic carbocycles. The summed E-state index contributed by atoms with van der Waals surface area (Å²) in [7, 11) is 0. The minimum Gasteiger partial charge on any atom is -0.433 e. The third kappa shape index (κ3) is 4.61. The van der Waals surface area contributed by atoms with Crippen molar-refractivity contribution in [1.29, 1.82) is 0 Å². The van der Waals surface area contributed by atoms with Gasteiger partial charge < -0.3 is 10.5 Å². The maximum atomic E-state index is 11.0. The topological polar surface area (TPSA) is 86.5 Å². The van der Waals surface area contributed by atoms with Crippen molar-refractivity contribution >= 4 is 29.3 Å². The summed E-state index contributed by atoms with van der Waals surface area (Å²) in [5, 5.41) is 0. The summed E-state index contributed by atoms with van der Waals surface area (Å²) in [6.07, 6.45) is -0.138. The molecule has 0 aliphatic heterocycles. The number of Topliss-reactive ketones (excluding diaryl/α,β-unsaturated/α-hetero) is 1. The SMILES string of the molecule is C=C(CC(C)=O)C(=O)OC(Cl)C(N)=O. The zero-order valence-corrected chi connectivity index (χ0v) is 8.34. The fourth-order valence-corrected chi connectivity index (χ4v) is 0.689. The molecule has 0 saturated carbocycles. The molecule has 0 spiro atoms. The van der Waals surface area contributed by atoms with Gasteiger partial charge in [-0.25, -0.2) is 4.79 Å². The van der Waals surface area contributed by atoms with Crippen molar-refractivity contribution in [2.75, 3.05) is 0 Å². The highest BCUT2D eigenvalue weighted by Gasteiger charge is 2.19. The number of hydrogen-bond donors (Lipinski definition) is 1. The Morgan fingerprint density at radius 2 is 2.00 bits per heavy atom. The van der Waals surface area contributed by atoms with Gasteiger partial charge in [0.2, 0.25) is 0 Å². The normalized spacial score (nSPS) is 11.6. The van der Waals surface area contributed by atoms with Crippen molar-refractivity contribution in [3.8, 4) is 0 Å². The van der Waals surface area contributed by atoms with E-state index in [1.54, 1.807) is 0 Å². The van der Waals surface area contributed by atoms with Gasteiger partial charge in [0.25, 0.3) is 11.5 Å². The molecule has 1 amide bonds. The standard InChI is InChI=1S/C8H10ClNO4/c1-4(3-5(2)11)8(13)14-6(9)7(10)12/h6H,1,3H2,2H3,(H2,10,12). The monoisotopic (exact) mass is 219 g/mol. The van der Waals surface area contributed by atoms with E-state index in [0.29, 0.717) is 0 Å². The molecule has 0 rings (SSSR count). The molecule has 5 nitrogen and oxygen atoms in total. The summed E-state index contributed by atoms with van der Waals surface area (Å²) in [6.45, 7) is 4.60. The Labute approximate surface area is 85.8 Å². The van der Waals surface area contributed by atoms with Gasteiger partial charge in [-0.05, 0) is 6.92 Å². The first-order valence-corrected chi connectivity index (χ1v) is 4.09. The number of alkyl halides is 1. The summed E-state index contributed by atoms with van der Waals surface area (Å²) in [5.74, 6) is -2.12. The smallest absolute Gasteiger partial charge is 0.335 e. The molecule has 0 aromatic carbocycles. The summed E-state index contributed by atoms with van der Waals surface area (Å²) < 4.78 is 4.37. The number of primary amides is 1. The first-order valence-electron chi connectivity index (χ1n) is 3.66. The first kappa shape index (κ1) is 12.6. The Kier molecular flexibility index (Phi) is 4.86. The van der Waals surface area contributed by atoms with Crippen LogP contribution in [0.2, 0.25) is 0 Å². The van der Waals surface area contributed by atoms with E-state index in [0.717, 1.165) is 0 Å². The number of rotatable bonds is 5. The number of carbonyl (C=O) groups is 3. The Bertz CT molecular complexity index is 287. The molecule has 1 unspecified atom stereocenters. The zero-order chi connectivity index (χ0) is 11.3. The van der Waals surface area contributed by atoms with Crippen molar-refractivity contribution in [1.82, 2.24) is 0 Å². The fraction of sp³-hybridized carbons (Fsp3) is 0.375. The van der Waals surface area contributed by atoms with E-state index in [1.165, 1.54) is 6.92 Å². The van der Waals surface area contributed by atoms with Crippen LogP contribution < -0.4 is 5.73 Å². The molecular formula is C8H10ClNO4. The molecule has 0 aliphatic rings. The second-order valence-electron chi connectivity index (χ2n) is 2.61. The highest BCUT2D eigenvalue weighted by molar-refractivity contribution is 6.30. The first-order chi connectivity index (χ1) is 6.34. The van der Waals surface area contributed by atoms with Gasteiger partial charge in [-0.2, -0.15) is 0 Å². The van der Waals surface area contributed by atoms with E-state index < -0.39 is 17.4 Å². The summed E-state index contributed by atoms with van der Waals surface area (Å²) in [6, 6.07) is 0. The number of carbonyl (C=O) groups excluding carboxylic acids is 3. The van der Waals surface area contributed by atoms with Crippen LogP contribution in [0.3, 0.4) is 0 Å². The van der Waals surface area contributed by atoms with Crippen LogP contribution in [0.25, 0.3) is 0 Å². The van der Waals surface area contributed by atoms with Crippen molar-refractivity contribution < 1.29 is 19.1 Å². The highest BCUT2D eigenvalue weighted by Crippen LogP contribution is 2.06. The predicted octanol–water partition coefficient (Wildman–Crippen LogP) is 0.115. The van der Waals surface area contributed by atoms with Crippen LogP contribution in [0, 0.1) is 0 Å². The molecule has 0 radical (unpaired) electrons. The lowest BCUT2D eigenvalue weighted by atomic mass is 10.2. The van der Waals surface area contributed by atoms with Gasteiger partial charge in [0.1, 0.15) is 5.78 Å². The predicted molar refractivity (Wildman–Crippen MR) is 49.4 cm³/mol. The Morgan fingerprint density at radius 3 is 2.36 bits per heavy atom. The second-order valence-corrected chi connectivity index (χ2v) is 3.00. The molecule has 6 heteroatoms. The third-order valence-corrected chi connectivity index (χ3v) is 1.49. The van der Waals surface area contributed by atoms with Crippen molar-refractivity contribution in [2.24, 2.45) is 5.73 Å². The molecule has 14 heavy (non-hydrogen) atoms. The van der Waals surface area contributed by atoms with Crippen LogP contribution in [0.1, 0.15) is 13.3 Å². The van der Waals surface area contributed by atoms with E-state index in [2.05, 4.69) is 11.3 Å². The molecule has 0 aromatic rings. The number of ketones is 1. The van der Waals surface area contributed by atoms with Gasteiger partial charge in [-0.1, -0.05) is 18.2 Å². The van der Waals surface area contributed by atoms with E-state index >= 15 is 0 Å². The maximum absolute atomic E-state index is 11.0. The van der Waals surface area contributed by atoms with Gasteiger partial charge in [-0.3, -0.25) is 9.59 Å². The van der Waals surface area contributed by atoms with E-state index in [9.17, 15) is 14.4 Å². The molecule has 1 atom stereocenters. The molecule has 0 aromatic heterocycles. The van der Waals surface area contributed by atoms with Gasteiger partial charge in [0.05, 0.1) is 0 Å². The fourth-order valence-electron chi connectivity index (χ4n) is 0.608. The number of esters is 1. The van der Waals surface area contributed by atoms with Crippen molar-refractivity contribution in [3.63, 3.8) is 0 Å². The minimum absolute atomic E-state index is 0.0654. The van der Waals surface area contributed by atoms with Gasteiger partial charge in [0.15, 0.2) is 0 Å². The van der Waals surface area contributed by atoms with Gasteiger partial charge in [-0.15, -0.1) is 0 Å². The lowest BCUT2D eigenvalue weighted by Crippen LogP contribution is -2.29. The molecule has 78 valence electrons. The quantitative estimate of drug-likeness (QED) is 0.404. The third-order valence-electron chi connectivity index (χ3n) is 1.19. The summed E-state index contributed by atoms with van der Waals surface area (Å²) in [5.41, 5.74) is 3.14. The van der Waals surface area contributed by atoms with Gasteiger partial charge >= 0.3 is 5.97 Å². The van der Waals surface area contributed by atoms with Crippen LogP contribution in [0.4, 0.5) is 0 Å². The molecule has 0 heterocycles. The number of ether oxygens (including phenoxy) is 1. The largest absolute Gasteiger partial charge is 0.433 e. The van der Waals surface area contributed by atoms with Crippen LogP contribution in [0.15, 0.2) is 12.2 Å².